The first-order chi connectivity index (χ1) is 5.29. The van der Waals surface area contributed by atoms with Crippen LogP contribution in [0.4, 0.5) is 0 Å². The largest absolute Gasteiger partial charge is 0.0824 e. The van der Waals surface area contributed by atoms with Gasteiger partial charge >= 0.3 is 0 Å². The number of hydrogen-bond donors (Lipinski definition) is 0. The third-order valence-electron chi connectivity index (χ3n) is 1.94. The molecule has 2 rings (SSSR count). The molecular formula is C9H7Cl2. The Hall–Kier alpha value is -0.200. The monoisotopic (exact) mass is 185 g/mol. The van der Waals surface area contributed by atoms with Crippen molar-refractivity contribution in [1.29, 1.82) is 0 Å². The van der Waals surface area contributed by atoms with Crippen molar-refractivity contribution in [1.82, 2.24) is 0 Å². The maximum atomic E-state index is 5.97. The predicted molar refractivity (Wildman–Crippen MR) is 47.3 cm³/mol. The average molecular weight is 186 g/mol. The Morgan fingerprint density at radius 3 is 2.73 bits per heavy atom. The van der Waals surface area contributed by atoms with E-state index in [2.05, 4.69) is 6.07 Å². The smallest absolute Gasteiger partial charge is 0.0674 e. The van der Waals surface area contributed by atoms with Crippen molar-refractivity contribution >= 4 is 23.2 Å². The van der Waals surface area contributed by atoms with Gasteiger partial charge in [0.05, 0.1) is 10.0 Å². The van der Waals surface area contributed by atoms with E-state index in [0.29, 0.717) is 16.0 Å². The lowest BCUT2D eigenvalue weighted by molar-refractivity contribution is 1.13. The van der Waals surface area contributed by atoms with Gasteiger partial charge in [0.25, 0.3) is 0 Å². The molecule has 0 unspecified atom stereocenters. The molecule has 0 amide bonds. The van der Waals surface area contributed by atoms with Gasteiger partial charge in [0.15, 0.2) is 0 Å². The fourth-order valence-corrected chi connectivity index (χ4v) is 1.62. The molecule has 0 aromatic heterocycles. The average Bonchev–Trinajstić information content (AvgIpc) is 2.77. The molecule has 1 aliphatic carbocycles. The fraction of sp³-hybridized carbons (Fsp3) is 0.333. The van der Waals surface area contributed by atoms with Gasteiger partial charge in [-0.3, -0.25) is 0 Å². The second-order valence-corrected chi connectivity index (χ2v) is 3.59. The minimum Gasteiger partial charge on any atom is -0.0824 e. The summed E-state index contributed by atoms with van der Waals surface area (Å²) in [6, 6.07) is 6.70. The lowest BCUT2D eigenvalue weighted by Crippen LogP contribution is -1.81. The van der Waals surface area contributed by atoms with Crippen molar-refractivity contribution in [3.63, 3.8) is 0 Å². The standard InChI is InChI=1S/C9H7Cl2/c10-8-3-1-2-7(9(8)11)6-4-5-6/h1-2,6H,4-5H2. The van der Waals surface area contributed by atoms with Crippen molar-refractivity contribution in [3.05, 3.63) is 33.8 Å². The lowest BCUT2D eigenvalue weighted by atomic mass is 10.1. The van der Waals surface area contributed by atoms with Crippen LogP contribution in [0.1, 0.15) is 24.3 Å². The van der Waals surface area contributed by atoms with E-state index >= 15 is 0 Å². The summed E-state index contributed by atoms with van der Waals surface area (Å²) in [7, 11) is 0. The van der Waals surface area contributed by atoms with Crippen LogP contribution in [0.5, 0.6) is 0 Å². The number of halogens is 2. The van der Waals surface area contributed by atoms with E-state index in [-0.39, 0.29) is 0 Å². The van der Waals surface area contributed by atoms with E-state index in [4.69, 9.17) is 23.2 Å². The maximum absolute atomic E-state index is 5.97. The van der Waals surface area contributed by atoms with Crippen LogP contribution in [0.25, 0.3) is 0 Å². The topological polar surface area (TPSA) is 0 Å². The van der Waals surface area contributed by atoms with Crippen molar-refractivity contribution in [3.8, 4) is 0 Å². The fourth-order valence-electron chi connectivity index (χ4n) is 1.18. The first kappa shape index (κ1) is 7.45. The van der Waals surface area contributed by atoms with E-state index in [1.54, 1.807) is 0 Å². The summed E-state index contributed by atoms with van der Waals surface area (Å²) in [6.45, 7) is 0. The third kappa shape index (κ3) is 1.38. The molecular weight excluding hydrogens is 179 g/mol. The molecule has 1 aromatic carbocycles. The van der Waals surface area contributed by atoms with Gasteiger partial charge in [0.1, 0.15) is 0 Å². The van der Waals surface area contributed by atoms with Gasteiger partial charge in [0.2, 0.25) is 0 Å². The Kier molecular flexibility index (Phi) is 1.82. The minimum atomic E-state index is 0.552. The van der Waals surface area contributed by atoms with Gasteiger partial charge in [-0.1, -0.05) is 35.3 Å². The number of benzene rings is 1. The van der Waals surface area contributed by atoms with Crippen LogP contribution >= 0.6 is 23.2 Å². The summed E-state index contributed by atoms with van der Waals surface area (Å²) >= 11 is 11.8. The Morgan fingerprint density at radius 1 is 1.36 bits per heavy atom. The zero-order valence-corrected chi connectivity index (χ0v) is 7.41. The molecule has 1 aliphatic rings. The molecule has 0 N–H and O–H groups in total. The zero-order chi connectivity index (χ0) is 7.84. The van der Waals surface area contributed by atoms with Crippen LogP contribution in [0.3, 0.4) is 0 Å². The molecule has 0 heterocycles. The van der Waals surface area contributed by atoms with E-state index < -0.39 is 0 Å². The van der Waals surface area contributed by atoms with Gasteiger partial charge < -0.3 is 0 Å². The van der Waals surface area contributed by atoms with Crippen molar-refractivity contribution < 1.29 is 0 Å². The highest BCUT2D eigenvalue weighted by Crippen LogP contribution is 2.44. The summed E-state index contributed by atoms with van der Waals surface area (Å²) in [5, 5.41) is 1.24. The Morgan fingerprint density at radius 2 is 2.09 bits per heavy atom. The highest BCUT2D eigenvalue weighted by atomic mass is 35.5. The molecule has 0 atom stereocenters. The third-order valence-corrected chi connectivity index (χ3v) is 2.74. The first-order valence-corrected chi connectivity index (χ1v) is 4.40. The number of rotatable bonds is 1. The second kappa shape index (κ2) is 2.69. The van der Waals surface area contributed by atoms with E-state index in [1.165, 1.54) is 18.4 Å². The summed E-state index contributed by atoms with van der Waals surface area (Å²) in [5.74, 6) is 0.662. The van der Waals surface area contributed by atoms with E-state index in [0.717, 1.165) is 0 Å². The van der Waals surface area contributed by atoms with E-state index in [9.17, 15) is 0 Å². The molecule has 0 bridgehead atoms. The molecule has 0 saturated heterocycles. The molecule has 1 aromatic rings. The molecule has 11 heavy (non-hydrogen) atoms. The highest BCUT2D eigenvalue weighted by molar-refractivity contribution is 6.42. The molecule has 0 nitrogen and oxygen atoms in total. The molecule has 1 saturated carbocycles. The molecule has 0 aliphatic heterocycles. The molecule has 0 spiro atoms. The molecule has 1 radical (unpaired) electrons. The molecule has 57 valence electrons. The minimum absolute atomic E-state index is 0.552. The molecule has 2 heteroatoms. The maximum Gasteiger partial charge on any atom is 0.0674 e. The first-order valence-electron chi connectivity index (χ1n) is 3.64. The van der Waals surface area contributed by atoms with E-state index in [1.807, 2.05) is 12.1 Å². The van der Waals surface area contributed by atoms with Crippen molar-refractivity contribution in [2.45, 2.75) is 18.8 Å². The summed E-state index contributed by atoms with van der Waals surface area (Å²) < 4.78 is 0. The second-order valence-electron chi connectivity index (χ2n) is 2.84. The Bertz CT molecular complexity index is 277. The zero-order valence-electron chi connectivity index (χ0n) is 5.90. The Labute approximate surface area is 76.1 Å². The molecule has 1 fully saturated rings. The van der Waals surface area contributed by atoms with Gasteiger partial charge in [-0.05, 0) is 24.3 Å². The van der Waals surface area contributed by atoms with Gasteiger partial charge in [-0.25, -0.2) is 0 Å². The normalized spacial score (nSPS) is 16.9. The van der Waals surface area contributed by atoms with Gasteiger partial charge in [0, 0.05) is 6.07 Å². The van der Waals surface area contributed by atoms with Crippen LogP contribution in [0, 0.1) is 6.07 Å². The lowest BCUT2D eigenvalue weighted by Gasteiger charge is -2.01. The number of hydrogen-bond acceptors (Lipinski definition) is 0. The SMILES string of the molecule is Clc1[c]ccc(C2CC2)c1Cl. The van der Waals surface area contributed by atoms with Gasteiger partial charge in [-0.15, -0.1) is 0 Å². The van der Waals surface area contributed by atoms with Crippen LogP contribution < -0.4 is 0 Å². The van der Waals surface area contributed by atoms with Crippen LogP contribution in [-0.4, -0.2) is 0 Å². The van der Waals surface area contributed by atoms with Crippen LogP contribution in [0.2, 0.25) is 10.0 Å². The summed E-state index contributed by atoms with van der Waals surface area (Å²) in [5.41, 5.74) is 1.19. The quantitative estimate of drug-likeness (QED) is 0.627. The van der Waals surface area contributed by atoms with Crippen LogP contribution in [0.15, 0.2) is 12.1 Å². The summed E-state index contributed by atoms with van der Waals surface area (Å²) in [4.78, 5) is 0. The van der Waals surface area contributed by atoms with Crippen molar-refractivity contribution in [2.75, 3.05) is 0 Å². The summed E-state index contributed by atoms with van der Waals surface area (Å²) in [6.07, 6.45) is 2.50. The predicted octanol–water partition coefficient (Wildman–Crippen LogP) is 3.67. The highest BCUT2D eigenvalue weighted by Gasteiger charge is 2.26. The van der Waals surface area contributed by atoms with Crippen LogP contribution in [-0.2, 0) is 0 Å². The van der Waals surface area contributed by atoms with Gasteiger partial charge in [-0.2, -0.15) is 0 Å². The van der Waals surface area contributed by atoms with Crippen molar-refractivity contribution in [2.24, 2.45) is 0 Å². The Balaban J connectivity index is 2.45.